The normalized spacial score (nSPS) is 20.7. The highest BCUT2D eigenvalue weighted by Crippen LogP contribution is 2.40. The summed E-state index contributed by atoms with van der Waals surface area (Å²) in [6, 6.07) is 2.31. The van der Waals surface area contributed by atoms with Crippen LogP contribution in [0.25, 0.3) is 0 Å². The van der Waals surface area contributed by atoms with E-state index < -0.39 is 0 Å². The Morgan fingerprint density at radius 3 is 2.64 bits per heavy atom. The van der Waals surface area contributed by atoms with Crippen LogP contribution in [-0.4, -0.2) is 29.8 Å². The van der Waals surface area contributed by atoms with Crippen molar-refractivity contribution < 1.29 is 9.59 Å². The summed E-state index contributed by atoms with van der Waals surface area (Å²) in [5, 5.41) is 13.3. The molecule has 5 nitrogen and oxygen atoms in total. The molecule has 134 valence electrons. The number of nitriles is 1. The van der Waals surface area contributed by atoms with Gasteiger partial charge >= 0.3 is 0 Å². The second-order valence-corrected chi connectivity index (χ2v) is 8.21. The van der Waals surface area contributed by atoms with E-state index in [1.54, 1.807) is 23.2 Å². The number of hydrogen-bond acceptors (Lipinski definition) is 4. The first-order valence-electron chi connectivity index (χ1n) is 9.14. The van der Waals surface area contributed by atoms with Gasteiger partial charge in [0.05, 0.1) is 5.56 Å². The van der Waals surface area contributed by atoms with Gasteiger partial charge in [-0.25, -0.2) is 0 Å². The summed E-state index contributed by atoms with van der Waals surface area (Å²) >= 11 is 1.58. The van der Waals surface area contributed by atoms with Crippen LogP contribution in [0.5, 0.6) is 0 Å². The lowest BCUT2D eigenvalue weighted by Crippen LogP contribution is -2.40. The van der Waals surface area contributed by atoms with Crippen LogP contribution in [0.4, 0.5) is 5.00 Å². The minimum Gasteiger partial charge on any atom is -0.343 e. The third-order valence-electron chi connectivity index (χ3n) is 5.60. The maximum absolute atomic E-state index is 12.6. The second kappa shape index (κ2) is 7.57. The van der Waals surface area contributed by atoms with Gasteiger partial charge in [-0.1, -0.05) is 13.3 Å². The summed E-state index contributed by atoms with van der Waals surface area (Å²) < 4.78 is 0. The Hall–Kier alpha value is -1.87. The molecule has 2 heterocycles. The quantitative estimate of drug-likeness (QED) is 0.899. The van der Waals surface area contributed by atoms with Gasteiger partial charge in [-0.3, -0.25) is 9.59 Å². The minimum absolute atomic E-state index is 0.00894. The van der Waals surface area contributed by atoms with E-state index in [4.69, 9.17) is 0 Å². The van der Waals surface area contributed by atoms with E-state index in [0.717, 1.165) is 36.2 Å². The second-order valence-electron chi connectivity index (χ2n) is 7.11. The molecule has 0 unspecified atom stereocenters. The number of hydrogen-bond donors (Lipinski definition) is 1. The van der Waals surface area contributed by atoms with E-state index in [2.05, 4.69) is 18.3 Å². The van der Waals surface area contributed by atoms with Gasteiger partial charge in [0.25, 0.3) is 0 Å². The number of rotatable bonds is 3. The van der Waals surface area contributed by atoms with Crippen molar-refractivity contribution in [3.8, 4) is 6.07 Å². The van der Waals surface area contributed by atoms with Crippen molar-refractivity contribution in [1.82, 2.24) is 4.90 Å². The van der Waals surface area contributed by atoms with Crippen LogP contribution in [0.1, 0.15) is 55.5 Å². The SMILES string of the molecule is CC[C@H]1CCc2c(sc(NC(=O)C3CCN(C(C)=O)CC3)c2C#N)C1. The largest absolute Gasteiger partial charge is 0.343 e. The molecule has 25 heavy (non-hydrogen) atoms. The summed E-state index contributed by atoms with van der Waals surface area (Å²) in [6.07, 6.45) is 5.65. The summed E-state index contributed by atoms with van der Waals surface area (Å²) in [4.78, 5) is 27.1. The smallest absolute Gasteiger partial charge is 0.228 e. The third kappa shape index (κ3) is 3.72. The van der Waals surface area contributed by atoms with E-state index in [1.165, 1.54) is 4.88 Å². The third-order valence-corrected chi connectivity index (χ3v) is 6.77. The fraction of sp³-hybridized carbons (Fsp3) is 0.632. The number of nitrogens with zero attached hydrogens (tertiary/aromatic N) is 2. The highest BCUT2D eigenvalue weighted by Gasteiger charge is 2.29. The Morgan fingerprint density at radius 1 is 1.32 bits per heavy atom. The number of carbonyl (C=O) groups is 2. The monoisotopic (exact) mass is 359 g/mol. The Balaban J connectivity index is 1.69. The molecule has 1 N–H and O–H groups in total. The number of anilines is 1. The molecule has 1 saturated heterocycles. The van der Waals surface area contributed by atoms with Gasteiger partial charge < -0.3 is 10.2 Å². The van der Waals surface area contributed by atoms with Gasteiger partial charge in [-0.15, -0.1) is 11.3 Å². The first-order valence-corrected chi connectivity index (χ1v) is 9.96. The van der Waals surface area contributed by atoms with E-state index in [9.17, 15) is 14.9 Å². The molecule has 1 fully saturated rings. The van der Waals surface area contributed by atoms with Gasteiger partial charge in [0.1, 0.15) is 11.1 Å². The van der Waals surface area contributed by atoms with Gasteiger partial charge in [0, 0.05) is 30.8 Å². The van der Waals surface area contributed by atoms with Crippen LogP contribution < -0.4 is 5.32 Å². The first-order chi connectivity index (χ1) is 12.0. The molecule has 0 saturated carbocycles. The first kappa shape index (κ1) is 17.9. The van der Waals surface area contributed by atoms with Crippen molar-refractivity contribution in [2.75, 3.05) is 18.4 Å². The Labute approximate surface area is 153 Å². The van der Waals surface area contributed by atoms with Gasteiger partial charge in [-0.05, 0) is 43.6 Å². The molecule has 1 aromatic heterocycles. The van der Waals surface area contributed by atoms with Gasteiger partial charge in [-0.2, -0.15) is 5.26 Å². The molecule has 0 bridgehead atoms. The molecule has 0 aromatic carbocycles. The zero-order valence-corrected chi connectivity index (χ0v) is 15.7. The zero-order chi connectivity index (χ0) is 18.0. The van der Waals surface area contributed by atoms with Crippen molar-refractivity contribution in [3.63, 3.8) is 0 Å². The predicted octanol–water partition coefficient (Wildman–Crippen LogP) is 3.33. The Morgan fingerprint density at radius 2 is 2.04 bits per heavy atom. The molecule has 1 atom stereocenters. The van der Waals surface area contributed by atoms with Crippen LogP contribution in [0.15, 0.2) is 0 Å². The maximum atomic E-state index is 12.6. The number of piperidine rings is 1. The molecular weight excluding hydrogens is 334 g/mol. The standard InChI is InChI=1S/C19H25N3O2S/c1-3-13-4-5-15-16(11-20)19(25-17(15)10-13)21-18(24)14-6-8-22(9-7-14)12(2)23/h13-14H,3-10H2,1-2H3,(H,21,24)/t13-/m0/s1. The number of likely N-dealkylation sites (tertiary alicyclic amines) is 1. The highest BCUT2D eigenvalue weighted by molar-refractivity contribution is 7.16. The molecule has 1 aliphatic carbocycles. The molecule has 3 rings (SSSR count). The number of thiophene rings is 1. The van der Waals surface area contributed by atoms with Crippen molar-refractivity contribution >= 4 is 28.2 Å². The fourth-order valence-corrected chi connectivity index (χ4v) is 5.19. The fourth-order valence-electron chi connectivity index (χ4n) is 3.88. The molecule has 6 heteroatoms. The van der Waals surface area contributed by atoms with Gasteiger partial charge in [0.2, 0.25) is 11.8 Å². The van der Waals surface area contributed by atoms with Crippen molar-refractivity contribution in [3.05, 3.63) is 16.0 Å². The number of amides is 2. The summed E-state index contributed by atoms with van der Waals surface area (Å²) in [5.41, 5.74) is 1.82. The Bertz CT molecular complexity index is 711. The molecule has 1 aliphatic heterocycles. The van der Waals surface area contributed by atoms with Crippen LogP contribution >= 0.6 is 11.3 Å². The van der Waals surface area contributed by atoms with E-state index in [1.807, 2.05) is 0 Å². The molecule has 1 aromatic rings. The summed E-state index contributed by atoms with van der Waals surface area (Å²) in [6.45, 7) is 5.05. The molecule has 2 aliphatic rings. The van der Waals surface area contributed by atoms with E-state index >= 15 is 0 Å². The van der Waals surface area contributed by atoms with E-state index in [0.29, 0.717) is 37.4 Å². The van der Waals surface area contributed by atoms with E-state index in [-0.39, 0.29) is 17.7 Å². The van der Waals surface area contributed by atoms with Crippen LogP contribution in [-0.2, 0) is 22.4 Å². The number of nitrogens with one attached hydrogen (secondary N) is 1. The van der Waals surface area contributed by atoms with Crippen molar-refractivity contribution in [2.45, 2.75) is 52.4 Å². The Kier molecular flexibility index (Phi) is 5.43. The lowest BCUT2D eigenvalue weighted by molar-refractivity contribution is -0.132. The van der Waals surface area contributed by atoms with Crippen LogP contribution in [0, 0.1) is 23.2 Å². The molecule has 2 amide bonds. The lowest BCUT2D eigenvalue weighted by atomic mass is 9.86. The summed E-state index contributed by atoms with van der Waals surface area (Å²) in [7, 11) is 0. The molecule has 0 spiro atoms. The van der Waals surface area contributed by atoms with Crippen LogP contribution in [0.3, 0.4) is 0 Å². The molecule has 0 radical (unpaired) electrons. The highest BCUT2D eigenvalue weighted by atomic mass is 32.1. The lowest BCUT2D eigenvalue weighted by Gasteiger charge is -2.30. The minimum atomic E-state index is -0.0790. The number of carbonyl (C=O) groups excluding carboxylic acids is 2. The topological polar surface area (TPSA) is 73.2 Å². The summed E-state index contributed by atoms with van der Waals surface area (Å²) in [5.74, 6) is 0.675. The maximum Gasteiger partial charge on any atom is 0.228 e. The van der Waals surface area contributed by atoms with Crippen molar-refractivity contribution in [1.29, 1.82) is 5.26 Å². The average Bonchev–Trinajstić information content (AvgIpc) is 2.97. The van der Waals surface area contributed by atoms with Gasteiger partial charge in [0.15, 0.2) is 0 Å². The average molecular weight is 359 g/mol. The zero-order valence-electron chi connectivity index (χ0n) is 14.9. The van der Waals surface area contributed by atoms with Crippen LogP contribution in [0.2, 0.25) is 0 Å². The predicted molar refractivity (Wildman–Crippen MR) is 98.4 cm³/mol. The number of fused-ring (bicyclic) bond motifs is 1. The molecular formula is C19H25N3O2S. The van der Waals surface area contributed by atoms with Crippen molar-refractivity contribution in [2.24, 2.45) is 11.8 Å².